The summed E-state index contributed by atoms with van der Waals surface area (Å²) in [5.74, 6) is 0. The van der Waals surface area contributed by atoms with Crippen LogP contribution in [0.2, 0.25) is 0 Å². The zero-order valence-electron chi connectivity index (χ0n) is 9.17. The highest BCUT2D eigenvalue weighted by molar-refractivity contribution is 7.99. The Balaban J connectivity index is 2.43. The maximum atomic E-state index is 11.1. The summed E-state index contributed by atoms with van der Waals surface area (Å²) in [6.45, 7) is 0. The Morgan fingerprint density at radius 1 is 1.41 bits per heavy atom. The molecule has 0 aliphatic carbocycles. The minimum atomic E-state index is -0.833. The summed E-state index contributed by atoms with van der Waals surface area (Å²) in [6, 6.07) is 0. The van der Waals surface area contributed by atoms with Crippen LogP contribution >= 0.6 is 11.8 Å². The minimum absolute atomic E-state index is 0.319. The van der Waals surface area contributed by atoms with Gasteiger partial charge in [-0.3, -0.25) is 24.1 Å². The van der Waals surface area contributed by atoms with Crippen molar-refractivity contribution in [3.05, 3.63) is 26.9 Å². The normalized spacial score (nSPS) is 10.7. The van der Waals surface area contributed by atoms with E-state index in [4.69, 9.17) is 5.73 Å². The Bertz CT molecular complexity index is 669. The smallest absolute Gasteiger partial charge is 0.339 e. The van der Waals surface area contributed by atoms with E-state index in [0.29, 0.717) is 15.9 Å². The molecule has 2 rings (SSSR count). The van der Waals surface area contributed by atoms with E-state index in [1.54, 1.807) is 25.0 Å². The van der Waals surface area contributed by atoms with Crippen LogP contribution in [-0.4, -0.2) is 24.5 Å². The fraction of sp³-hybridized carbons (Fsp3) is 0.250. The van der Waals surface area contributed by atoms with Crippen molar-refractivity contribution in [2.24, 2.45) is 14.1 Å². The van der Waals surface area contributed by atoms with Gasteiger partial charge >= 0.3 is 11.1 Å². The first-order valence-corrected chi connectivity index (χ1v) is 5.43. The SMILES string of the molecule is Cn1cc(N)c(Sc2nc(=O)c(=O)[nH]n2C)n1. The number of H-pyrrole nitrogens is 1. The molecule has 2 heterocycles. The summed E-state index contributed by atoms with van der Waals surface area (Å²) in [6.07, 6.45) is 1.64. The quantitative estimate of drug-likeness (QED) is 0.660. The van der Waals surface area contributed by atoms with Crippen LogP contribution in [0.1, 0.15) is 0 Å². The number of nitrogen functional groups attached to an aromatic ring is 1. The van der Waals surface area contributed by atoms with Gasteiger partial charge in [0.05, 0.1) is 5.69 Å². The molecule has 0 aromatic carbocycles. The van der Waals surface area contributed by atoms with Gasteiger partial charge in [-0.2, -0.15) is 10.1 Å². The molecule has 0 unspecified atom stereocenters. The first-order chi connectivity index (χ1) is 7.97. The molecule has 0 saturated carbocycles. The van der Waals surface area contributed by atoms with Crippen LogP contribution in [-0.2, 0) is 14.1 Å². The molecule has 0 saturated heterocycles. The molecule has 0 spiro atoms. The molecule has 0 atom stereocenters. The fourth-order valence-electron chi connectivity index (χ4n) is 1.20. The highest BCUT2D eigenvalue weighted by Crippen LogP contribution is 2.27. The summed E-state index contributed by atoms with van der Waals surface area (Å²) >= 11 is 1.11. The molecular formula is C8H10N6O2S. The van der Waals surface area contributed by atoms with Crippen molar-refractivity contribution in [1.82, 2.24) is 24.5 Å². The van der Waals surface area contributed by atoms with Gasteiger partial charge in [0, 0.05) is 20.3 Å². The number of anilines is 1. The van der Waals surface area contributed by atoms with Crippen LogP contribution < -0.4 is 16.9 Å². The van der Waals surface area contributed by atoms with Gasteiger partial charge in [-0.25, -0.2) is 0 Å². The molecule has 17 heavy (non-hydrogen) atoms. The molecule has 2 aromatic heterocycles. The molecule has 90 valence electrons. The van der Waals surface area contributed by atoms with Gasteiger partial charge in [0.15, 0.2) is 5.16 Å². The Kier molecular flexibility index (Phi) is 2.76. The Hall–Kier alpha value is -2.03. The lowest BCUT2D eigenvalue weighted by molar-refractivity contribution is 0.595. The van der Waals surface area contributed by atoms with Crippen molar-refractivity contribution >= 4 is 17.4 Å². The lowest BCUT2D eigenvalue weighted by Gasteiger charge is -2.03. The van der Waals surface area contributed by atoms with Crippen molar-refractivity contribution in [2.75, 3.05) is 5.73 Å². The molecule has 9 heteroatoms. The first-order valence-electron chi connectivity index (χ1n) is 4.61. The van der Waals surface area contributed by atoms with E-state index in [-0.39, 0.29) is 0 Å². The third-order valence-electron chi connectivity index (χ3n) is 1.96. The molecular weight excluding hydrogens is 244 g/mol. The van der Waals surface area contributed by atoms with Crippen LogP contribution in [0.15, 0.2) is 26.0 Å². The van der Waals surface area contributed by atoms with Crippen molar-refractivity contribution in [1.29, 1.82) is 0 Å². The van der Waals surface area contributed by atoms with Gasteiger partial charge in [0.1, 0.15) is 5.03 Å². The van der Waals surface area contributed by atoms with Gasteiger partial charge in [-0.1, -0.05) is 0 Å². The highest BCUT2D eigenvalue weighted by atomic mass is 32.2. The average molecular weight is 254 g/mol. The van der Waals surface area contributed by atoms with Crippen molar-refractivity contribution in [3.8, 4) is 0 Å². The molecule has 8 nitrogen and oxygen atoms in total. The van der Waals surface area contributed by atoms with Crippen LogP contribution in [0.3, 0.4) is 0 Å². The highest BCUT2D eigenvalue weighted by Gasteiger charge is 2.11. The van der Waals surface area contributed by atoms with E-state index >= 15 is 0 Å². The number of hydrogen-bond donors (Lipinski definition) is 2. The Morgan fingerprint density at radius 2 is 2.12 bits per heavy atom. The van der Waals surface area contributed by atoms with Crippen LogP contribution in [0.4, 0.5) is 5.69 Å². The summed E-state index contributed by atoms with van der Waals surface area (Å²) in [5.41, 5.74) is 4.61. The molecule has 0 bridgehead atoms. The number of nitrogens with zero attached hydrogens (tertiary/aromatic N) is 4. The number of nitrogens with two attached hydrogens (primary N) is 1. The maximum absolute atomic E-state index is 11.1. The predicted octanol–water partition coefficient (Wildman–Crippen LogP) is -1.06. The average Bonchev–Trinajstić information content (AvgIpc) is 2.54. The number of hydrogen-bond acceptors (Lipinski definition) is 6. The van der Waals surface area contributed by atoms with Gasteiger partial charge in [0.25, 0.3) is 0 Å². The second-order valence-corrected chi connectivity index (χ2v) is 4.32. The summed E-state index contributed by atoms with van der Waals surface area (Å²) in [4.78, 5) is 25.8. The van der Waals surface area contributed by atoms with Crippen LogP contribution in [0, 0.1) is 0 Å². The fourth-order valence-corrected chi connectivity index (χ4v) is 2.03. The van der Waals surface area contributed by atoms with Crippen molar-refractivity contribution in [3.63, 3.8) is 0 Å². The number of aryl methyl sites for hydroxylation is 2. The van der Waals surface area contributed by atoms with E-state index in [1.807, 2.05) is 0 Å². The molecule has 0 aliphatic heterocycles. The van der Waals surface area contributed by atoms with Crippen LogP contribution in [0.5, 0.6) is 0 Å². The van der Waals surface area contributed by atoms with Gasteiger partial charge in [-0.15, -0.1) is 0 Å². The molecule has 2 aromatic rings. The van der Waals surface area contributed by atoms with E-state index < -0.39 is 11.1 Å². The Labute approximate surface area is 99.4 Å². The van der Waals surface area contributed by atoms with E-state index in [0.717, 1.165) is 11.8 Å². The molecule has 0 amide bonds. The summed E-state index contributed by atoms with van der Waals surface area (Å²) in [5, 5.41) is 7.30. The maximum Gasteiger partial charge on any atom is 0.339 e. The van der Waals surface area contributed by atoms with Crippen molar-refractivity contribution in [2.45, 2.75) is 10.2 Å². The number of aromatic amines is 1. The largest absolute Gasteiger partial charge is 0.395 e. The van der Waals surface area contributed by atoms with E-state index in [2.05, 4.69) is 15.2 Å². The van der Waals surface area contributed by atoms with Crippen LogP contribution in [0.25, 0.3) is 0 Å². The van der Waals surface area contributed by atoms with Gasteiger partial charge < -0.3 is 5.73 Å². The molecule has 3 N–H and O–H groups in total. The zero-order valence-corrected chi connectivity index (χ0v) is 9.98. The monoisotopic (exact) mass is 254 g/mol. The van der Waals surface area contributed by atoms with Crippen molar-refractivity contribution < 1.29 is 0 Å². The number of aromatic nitrogens is 5. The predicted molar refractivity (Wildman–Crippen MR) is 61.8 cm³/mol. The second kappa shape index (κ2) is 4.09. The summed E-state index contributed by atoms with van der Waals surface area (Å²) in [7, 11) is 3.31. The number of nitrogens with one attached hydrogen (secondary N) is 1. The minimum Gasteiger partial charge on any atom is -0.395 e. The first kappa shape index (κ1) is 11.5. The molecule has 0 aliphatic rings. The Morgan fingerprint density at radius 3 is 2.71 bits per heavy atom. The molecule has 0 fully saturated rings. The second-order valence-electron chi connectivity index (χ2n) is 3.36. The number of rotatable bonds is 2. The molecule has 0 radical (unpaired) electrons. The zero-order chi connectivity index (χ0) is 12.6. The van der Waals surface area contributed by atoms with E-state index in [1.165, 1.54) is 4.68 Å². The third kappa shape index (κ3) is 2.23. The standard InChI is InChI=1S/C8H10N6O2S/c1-13-3-4(9)7(12-13)17-8-10-5(15)6(16)11-14(8)2/h3H,9H2,1-2H3,(H,11,16). The van der Waals surface area contributed by atoms with Gasteiger partial charge in [0.2, 0.25) is 0 Å². The van der Waals surface area contributed by atoms with Gasteiger partial charge in [-0.05, 0) is 11.8 Å². The lowest BCUT2D eigenvalue weighted by Crippen LogP contribution is -2.33. The third-order valence-corrected chi connectivity index (χ3v) is 3.02. The summed E-state index contributed by atoms with van der Waals surface area (Å²) < 4.78 is 2.91. The van der Waals surface area contributed by atoms with E-state index in [9.17, 15) is 9.59 Å². The lowest BCUT2D eigenvalue weighted by atomic mass is 10.6. The topological polar surface area (TPSA) is 112 Å².